The quantitative estimate of drug-likeness (QED) is 0.486. The summed E-state index contributed by atoms with van der Waals surface area (Å²) in [6.45, 7) is 2.24. The van der Waals surface area contributed by atoms with E-state index in [-0.39, 0.29) is 5.69 Å². The first kappa shape index (κ1) is 20.1. The molecular formula is C20H15ClN4O4S. The normalized spacial score (nSPS) is 15.1. The lowest BCUT2D eigenvalue weighted by atomic mass is 10.1. The van der Waals surface area contributed by atoms with Crippen LogP contribution in [0.4, 0.5) is 4.79 Å². The van der Waals surface area contributed by atoms with Gasteiger partial charge in [-0.05, 0) is 54.1 Å². The molecule has 1 fully saturated rings. The maximum absolute atomic E-state index is 11.8. The van der Waals surface area contributed by atoms with Crippen molar-refractivity contribution in [2.24, 2.45) is 0 Å². The fourth-order valence-corrected chi connectivity index (χ4v) is 3.98. The number of imidazole rings is 1. The predicted octanol–water partition coefficient (Wildman–Crippen LogP) is 3.55. The van der Waals surface area contributed by atoms with Gasteiger partial charge >= 0.3 is 5.97 Å². The summed E-state index contributed by atoms with van der Waals surface area (Å²) < 4.78 is 6.60. The molecule has 1 aliphatic rings. The second-order valence-electron chi connectivity index (χ2n) is 6.48. The third kappa shape index (κ3) is 3.81. The first-order valence-corrected chi connectivity index (χ1v) is 10.0. The summed E-state index contributed by atoms with van der Waals surface area (Å²) in [5.41, 5.74) is 2.92. The van der Waals surface area contributed by atoms with Crippen molar-refractivity contribution < 1.29 is 19.1 Å². The van der Waals surface area contributed by atoms with Crippen LogP contribution in [0.3, 0.4) is 0 Å². The lowest BCUT2D eigenvalue weighted by Gasteiger charge is -2.10. The third-order valence-electron chi connectivity index (χ3n) is 4.52. The lowest BCUT2D eigenvalue weighted by molar-refractivity contribution is -0.115. The highest BCUT2D eigenvalue weighted by atomic mass is 35.5. The Balaban J connectivity index is 1.66. The standard InChI is InChI=1S/C20H15ClN4O4S/c1-10-22-14-5-6-15(19(27)29-2)23-17(14)25(10)9-12-4-3-11(7-13(12)21)8-16-18(26)24-20(28)30-16/h3-8H,9H2,1-2H3,(H,24,26,28)/b16-8-. The number of hydrogen-bond acceptors (Lipinski definition) is 7. The zero-order valence-electron chi connectivity index (χ0n) is 15.9. The molecule has 8 nitrogen and oxygen atoms in total. The summed E-state index contributed by atoms with van der Waals surface area (Å²) in [6.07, 6.45) is 1.61. The number of amides is 2. The molecule has 0 spiro atoms. The van der Waals surface area contributed by atoms with Gasteiger partial charge in [0.05, 0.1) is 18.6 Å². The van der Waals surface area contributed by atoms with Crippen LogP contribution in [0.5, 0.6) is 0 Å². The lowest BCUT2D eigenvalue weighted by Crippen LogP contribution is -2.17. The van der Waals surface area contributed by atoms with Crippen molar-refractivity contribution in [3.05, 3.63) is 62.9 Å². The fraction of sp³-hybridized carbons (Fsp3) is 0.150. The molecule has 0 saturated carbocycles. The average Bonchev–Trinajstić information content (AvgIpc) is 3.20. The minimum atomic E-state index is -0.523. The maximum Gasteiger partial charge on any atom is 0.356 e. The van der Waals surface area contributed by atoms with Crippen LogP contribution in [0.2, 0.25) is 5.02 Å². The summed E-state index contributed by atoms with van der Waals surface area (Å²) in [6, 6.07) is 8.67. The Morgan fingerprint density at radius 2 is 2.07 bits per heavy atom. The number of fused-ring (bicyclic) bond motifs is 1. The van der Waals surface area contributed by atoms with E-state index in [4.69, 9.17) is 16.3 Å². The molecule has 1 aliphatic heterocycles. The van der Waals surface area contributed by atoms with Crippen molar-refractivity contribution in [1.82, 2.24) is 19.9 Å². The smallest absolute Gasteiger partial charge is 0.356 e. The second kappa shape index (κ2) is 7.92. The van der Waals surface area contributed by atoms with Gasteiger partial charge in [-0.1, -0.05) is 23.7 Å². The van der Waals surface area contributed by atoms with E-state index in [0.717, 1.165) is 23.1 Å². The summed E-state index contributed by atoms with van der Waals surface area (Å²) in [5.74, 6) is -0.220. The Hall–Kier alpha value is -3.17. The van der Waals surface area contributed by atoms with Gasteiger partial charge in [0.1, 0.15) is 11.3 Å². The molecule has 1 aromatic carbocycles. The number of esters is 1. The SMILES string of the molecule is COC(=O)c1ccc2nc(C)n(Cc3ccc(/C=C4\SC(=O)NC4=O)cc3Cl)c2n1. The van der Waals surface area contributed by atoms with Gasteiger partial charge in [0.2, 0.25) is 0 Å². The first-order chi connectivity index (χ1) is 14.4. The molecule has 4 rings (SSSR count). The topological polar surface area (TPSA) is 103 Å². The highest BCUT2D eigenvalue weighted by molar-refractivity contribution is 8.18. The number of ether oxygens (including phenoxy) is 1. The number of imide groups is 1. The second-order valence-corrected chi connectivity index (χ2v) is 7.90. The number of aryl methyl sites for hydroxylation is 1. The van der Waals surface area contributed by atoms with Crippen molar-refractivity contribution in [1.29, 1.82) is 0 Å². The van der Waals surface area contributed by atoms with E-state index in [9.17, 15) is 14.4 Å². The molecule has 30 heavy (non-hydrogen) atoms. The number of hydrogen-bond donors (Lipinski definition) is 1. The zero-order chi connectivity index (χ0) is 21.4. The van der Waals surface area contributed by atoms with Gasteiger partial charge < -0.3 is 9.30 Å². The van der Waals surface area contributed by atoms with Gasteiger partial charge in [-0.2, -0.15) is 0 Å². The van der Waals surface area contributed by atoms with Crippen LogP contribution in [0, 0.1) is 6.92 Å². The molecule has 0 bridgehead atoms. The Morgan fingerprint density at radius 3 is 2.73 bits per heavy atom. The molecule has 0 radical (unpaired) electrons. The molecule has 0 atom stereocenters. The molecule has 152 valence electrons. The number of carbonyl (C=O) groups excluding carboxylic acids is 3. The number of pyridine rings is 1. The van der Waals surface area contributed by atoms with E-state index in [1.165, 1.54) is 7.11 Å². The van der Waals surface area contributed by atoms with Crippen molar-refractivity contribution >= 4 is 57.7 Å². The van der Waals surface area contributed by atoms with Gasteiger partial charge in [0, 0.05) is 5.02 Å². The van der Waals surface area contributed by atoms with Crippen LogP contribution in [0.1, 0.15) is 27.4 Å². The Bertz CT molecular complexity index is 1250. The minimum absolute atomic E-state index is 0.195. The average molecular weight is 443 g/mol. The number of nitrogens with zero attached hydrogens (tertiary/aromatic N) is 3. The molecule has 1 N–H and O–H groups in total. The van der Waals surface area contributed by atoms with Gasteiger partial charge in [-0.25, -0.2) is 14.8 Å². The maximum atomic E-state index is 11.8. The molecule has 3 aromatic rings. The van der Waals surface area contributed by atoms with Crippen LogP contribution in [0.15, 0.2) is 35.2 Å². The number of rotatable bonds is 4. The van der Waals surface area contributed by atoms with E-state index in [0.29, 0.717) is 33.2 Å². The van der Waals surface area contributed by atoms with Crippen molar-refractivity contribution in [2.45, 2.75) is 13.5 Å². The predicted molar refractivity (Wildman–Crippen MR) is 113 cm³/mol. The molecule has 0 unspecified atom stereocenters. The summed E-state index contributed by atoms with van der Waals surface area (Å²) >= 11 is 7.32. The highest BCUT2D eigenvalue weighted by Gasteiger charge is 2.25. The Kier molecular flexibility index (Phi) is 5.31. The van der Waals surface area contributed by atoms with Crippen LogP contribution in [-0.2, 0) is 16.1 Å². The molecule has 10 heteroatoms. The van der Waals surface area contributed by atoms with E-state index in [1.807, 2.05) is 23.6 Å². The van der Waals surface area contributed by atoms with Gasteiger partial charge in [0.25, 0.3) is 11.1 Å². The number of carbonyl (C=O) groups is 3. The zero-order valence-corrected chi connectivity index (χ0v) is 17.5. The van der Waals surface area contributed by atoms with Crippen LogP contribution >= 0.6 is 23.4 Å². The minimum Gasteiger partial charge on any atom is -0.464 e. The molecular weight excluding hydrogens is 428 g/mol. The fourth-order valence-electron chi connectivity index (χ4n) is 3.05. The van der Waals surface area contributed by atoms with Gasteiger partial charge in [-0.3, -0.25) is 14.9 Å². The number of nitrogens with one attached hydrogen (secondary N) is 1. The van der Waals surface area contributed by atoms with E-state index >= 15 is 0 Å². The van der Waals surface area contributed by atoms with Crippen LogP contribution < -0.4 is 5.32 Å². The molecule has 2 aromatic heterocycles. The number of halogens is 1. The summed E-state index contributed by atoms with van der Waals surface area (Å²) in [7, 11) is 1.30. The summed E-state index contributed by atoms with van der Waals surface area (Å²) in [4.78, 5) is 44.0. The molecule has 1 saturated heterocycles. The van der Waals surface area contributed by atoms with E-state index in [1.54, 1.807) is 24.3 Å². The molecule has 3 heterocycles. The first-order valence-electron chi connectivity index (χ1n) is 8.81. The largest absolute Gasteiger partial charge is 0.464 e. The number of thioether (sulfide) groups is 1. The number of aromatic nitrogens is 3. The van der Waals surface area contributed by atoms with E-state index < -0.39 is 17.1 Å². The monoisotopic (exact) mass is 442 g/mol. The Morgan fingerprint density at radius 1 is 1.27 bits per heavy atom. The Labute approximate surface area is 180 Å². The van der Waals surface area contributed by atoms with Crippen molar-refractivity contribution in [3.63, 3.8) is 0 Å². The van der Waals surface area contributed by atoms with Crippen molar-refractivity contribution in [3.8, 4) is 0 Å². The van der Waals surface area contributed by atoms with Gasteiger partial charge in [-0.15, -0.1) is 0 Å². The van der Waals surface area contributed by atoms with Crippen LogP contribution in [0.25, 0.3) is 17.2 Å². The highest BCUT2D eigenvalue weighted by Crippen LogP contribution is 2.28. The molecule has 2 amide bonds. The molecule has 0 aliphatic carbocycles. The van der Waals surface area contributed by atoms with Crippen molar-refractivity contribution in [2.75, 3.05) is 7.11 Å². The van der Waals surface area contributed by atoms with Gasteiger partial charge in [0.15, 0.2) is 11.3 Å². The third-order valence-corrected chi connectivity index (χ3v) is 5.69. The summed E-state index contributed by atoms with van der Waals surface area (Å²) in [5, 5.41) is 2.31. The van der Waals surface area contributed by atoms with E-state index in [2.05, 4.69) is 15.3 Å². The number of methoxy groups -OCH3 is 1. The number of benzene rings is 1. The van der Waals surface area contributed by atoms with Crippen LogP contribution in [-0.4, -0.2) is 38.8 Å².